The van der Waals surface area contributed by atoms with E-state index in [0.717, 1.165) is 79.3 Å². The molecule has 51 heavy (non-hydrogen) atoms. The lowest BCUT2D eigenvalue weighted by Crippen LogP contribution is -2.55. The predicted molar refractivity (Wildman–Crippen MR) is 196 cm³/mol. The highest BCUT2D eigenvalue weighted by Gasteiger charge is 2.68. The van der Waals surface area contributed by atoms with Crippen LogP contribution in [0.25, 0.3) is 22.2 Å². The van der Waals surface area contributed by atoms with E-state index in [-0.39, 0.29) is 57.7 Å². The number of hydrogen-bond acceptors (Lipinski definition) is 8. The molecule has 3 unspecified atom stereocenters. The quantitative estimate of drug-likeness (QED) is 0.381. The van der Waals surface area contributed by atoms with Gasteiger partial charge >= 0.3 is 10.2 Å². The largest absolute Gasteiger partial charge is 0.497 e. The smallest absolute Gasteiger partial charge is 0.304 e. The van der Waals surface area contributed by atoms with E-state index < -0.39 is 30.9 Å². The number of sulfonamides is 1. The Morgan fingerprint density at radius 2 is 1.73 bits per heavy atom. The molecular weight excluding hydrogens is 691 g/mol. The Morgan fingerprint density at radius 3 is 2.51 bits per heavy atom. The van der Waals surface area contributed by atoms with Gasteiger partial charge in [0.2, 0.25) is 10.0 Å². The fraction of sp³-hybridized carbons (Fsp3) is 0.595. The minimum atomic E-state index is -4.07. The first kappa shape index (κ1) is 33.8. The van der Waals surface area contributed by atoms with Crippen LogP contribution < -0.4 is 9.46 Å². The lowest BCUT2D eigenvalue weighted by molar-refractivity contribution is 0.0719. The van der Waals surface area contributed by atoms with Gasteiger partial charge in [-0.3, -0.25) is 9.69 Å². The molecule has 0 radical (unpaired) electrons. The number of amides is 1. The summed E-state index contributed by atoms with van der Waals surface area (Å²) in [5, 5.41) is 0.998. The number of ether oxygens (including phenoxy) is 2. The fourth-order valence-electron chi connectivity index (χ4n) is 9.90. The monoisotopic (exact) mass is 739 g/mol. The normalized spacial score (nSPS) is 27.6. The molecule has 3 saturated heterocycles. The molecule has 1 aromatic heterocycles. The summed E-state index contributed by atoms with van der Waals surface area (Å²) >= 11 is 0. The maximum absolute atomic E-state index is 15.1. The number of morpholine rings is 1. The van der Waals surface area contributed by atoms with Crippen LogP contribution in [0.4, 0.5) is 0 Å². The standard InChI is InChI=1S/C37H47N5O7S2.H2/c1-48-28-10-12-29-31(21-28)32-22-37(32,50(44,45)41-15-14-39-13-5-8-27(39)23-41)24-42-33-20-26(36(43)38-51(46,47)40-16-18-49-19-17-40)9-11-30(33)34(35(29)42)25-6-3-2-4-7-25;/h9-12,20-21,25,27,32H,2-8,13-19,22-24H2,1H3,(H,38,43);1H. The molecule has 1 amide bonds. The Balaban J connectivity index is 0.00000387. The number of piperazine rings is 1. The number of fused-ring (bicyclic) bond motifs is 8. The van der Waals surface area contributed by atoms with Gasteiger partial charge in [-0.25, -0.2) is 13.1 Å². The van der Waals surface area contributed by atoms with Crippen molar-refractivity contribution in [2.24, 2.45) is 0 Å². The molecule has 0 bridgehead atoms. The summed E-state index contributed by atoms with van der Waals surface area (Å²) in [4.78, 5) is 16.1. The number of aromatic nitrogens is 1. The van der Waals surface area contributed by atoms with Gasteiger partial charge in [-0.1, -0.05) is 25.3 Å². The third-order valence-electron chi connectivity index (χ3n) is 12.7. The average Bonchev–Trinajstić information content (AvgIpc) is 3.59. The molecular formula is C37H49N5O7S2. The van der Waals surface area contributed by atoms with Crippen LogP contribution in [0.3, 0.4) is 0 Å². The van der Waals surface area contributed by atoms with Crippen LogP contribution in [-0.4, -0.2) is 111 Å². The number of rotatable bonds is 7. The Kier molecular flexibility index (Phi) is 8.32. The zero-order valence-electron chi connectivity index (χ0n) is 29.2. The Bertz CT molecular complexity index is 2110. The molecule has 14 heteroatoms. The number of benzene rings is 2. The highest BCUT2D eigenvalue weighted by Crippen LogP contribution is 2.64. The predicted octanol–water partition coefficient (Wildman–Crippen LogP) is 4.27. The summed E-state index contributed by atoms with van der Waals surface area (Å²) in [6.07, 6.45) is 8.15. The Hall–Kier alpha value is -3.01. The van der Waals surface area contributed by atoms with Crippen molar-refractivity contribution in [2.75, 3.05) is 59.6 Å². The van der Waals surface area contributed by atoms with Crippen molar-refractivity contribution in [2.45, 2.75) is 80.5 Å². The van der Waals surface area contributed by atoms with Crippen LogP contribution in [0, 0.1) is 0 Å². The molecule has 2 saturated carbocycles. The maximum atomic E-state index is 15.1. The Labute approximate surface area is 301 Å². The fourth-order valence-corrected chi connectivity index (χ4v) is 13.4. The summed E-state index contributed by atoms with van der Waals surface area (Å²) in [5.74, 6) is 0.0773. The van der Waals surface area contributed by atoms with Gasteiger partial charge in [0, 0.05) is 74.7 Å². The van der Waals surface area contributed by atoms with Gasteiger partial charge in [-0.15, -0.1) is 0 Å². The summed E-state index contributed by atoms with van der Waals surface area (Å²) in [7, 11) is -6.18. The molecule has 3 aromatic rings. The van der Waals surface area contributed by atoms with E-state index in [1.807, 2.05) is 18.2 Å². The lowest BCUT2D eigenvalue weighted by Gasteiger charge is -2.38. The van der Waals surface area contributed by atoms with Crippen molar-refractivity contribution in [1.82, 2.24) is 22.8 Å². The number of nitrogens with one attached hydrogen (secondary N) is 1. The molecule has 5 fully saturated rings. The number of methoxy groups -OCH3 is 1. The highest BCUT2D eigenvalue weighted by molar-refractivity contribution is 7.91. The average molecular weight is 740 g/mol. The topological polar surface area (TPSA) is 130 Å². The number of carbonyl (C=O) groups excluding carboxylic acids is 1. The van der Waals surface area contributed by atoms with Gasteiger partial charge in [-0.05, 0) is 86.0 Å². The van der Waals surface area contributed by atoms with E-state index in [4.69, 9.17) is 9.47 Å². The van der Waals surface area contributed by atoms with Crippen LogP contribution in [0.2, 0.25) is 0 Å². The molecule has 276 valence electrons. The van der Waals surface area contributed by atoms with Gasteiger partial charge in [0.25, 0.3) is 5.91 Å². The molecule has 2 aromatic carbocycles. The van der Waals surface area contributed by atoms with Gasteiger partial charge in [-0.2, -0.15) is 17.0 Å². The molecule has 5 heterocycles. The van der Waals surface area contributed by atoms with E-state index >= 15 is 8.42 Å². The van der Waals surface area contributed by atoms with Crippen molar-refractivity contribution >= 4 is 37.0 Å². The summed E-state index contributed by atoms with van der Waals surface area (Å²) in [5.41, 5.74) is 5.24. The van der Waals surface area contributed by atoms with Crippen molar-refractivity contribution in [1.29, 1.82) is 0 Å². The second kappa shape index (κ2) is 12.6. The zero-order valence-corrected chi connectivity index (χ0v) is 30.8. The second-order valence-electron chi connectivity index (χ2n) is 15.3. The van der Waals surface area contributed by atoms with Crippen LogP contribution in [0.5, 0.6) is 5.75 Å². The van der Waals surface area contributed by atoms with Gasteiger partial charge in [0.15, 0.2) is 0 Å². The number of carbonyl (C=O) groups is 1. The molecule has 1 N–H and O–H groups in total. The third-order valence-corrected chi connectivity index (χ3v) is 16.8. The van der Waals surface area contributed by atoms with Crippen molar-refractivity contribution in [3.63, 3.8) is 0 Å². The molecule has 0 spiro atoms. The zero-order chi connectivity index (χ0) is 35.1. The maximum Gasteiger partial charge on any atom is 0.304 e. The molecule has 4 aliphatic heterocycles. The minimum absolute atomic E-state index is 0. The van der Waals surface area contributed by atoms with E-state index in [1.54, 1.807) is 23.5 Å². The SMILES string of the molecule is COc1ccc2c(c1)C1CC1(S(=O)(=O)N1CCN3CCCC3C1)Cn1c-2c(C2CCCCC2)c2ccc(C(=O)NS(=O)(=O)N3CCOCC3)cc21.[HH]. The van der Waals surface area contributed by atoms with Gasteiger partial charge in [0.1, 0.15) is 10.5 Å². The van der Waals surface area contributed by atoms with Crippen molar-refractivity contribution in [3.05, 3.63) is 53.1 Å². The highest BCUT2D eigenvalue weighted by atomic mass is 32.2. The summed E-state index contributed by atoms with van der Waals surface area (Å²) in [6.45, 7) is 3.97. The third kappa shape index (κ3) is 5.46. The minimum Gasteiger partial charge on any atom is -0.497 e. The Morgan fingerprint density at radius 1 is 0.922 bits per heavy atom. The second-order valence-corrected chi connectivity index (χ2v) is 19.3. The molecule has 2 aliphatic carbocycles. The number of hydrogen-bond donors (Lipinski definition) is 1. The first-order chi connectivity index (χ1) is 24.6. The van der Waals surface area contributed by atoms with Crippen molar-refractivity contribution < 1.29 is 32.5 Å². The van der Waals surface area contributed by atoms with Gasteiger partial charge in [0.05, 0.1) is 26.0 Å². The molecule has 9 rings (SSSR count). The van der Waals surface area contributed by atoms with Crippen LogP contribution in [0.15, 0.2) is 36.4 Å². The first-order valence-corrected chi connectivity index (χ1v) is 21.5. The van der Waals surface area contributed by atoms with E-state index in [0.29, 0.717) is 25.3 Å². The number of nitrogens with zero attached hydrogens (tertiary/aromatic N) is 4. The molecule has 3 atom stereocenters. The van der Waals surface area contributed by atoms with E-state index in [2.05, 4.69) is 20.3 Å². The van der Waals surface area contributed by atoms with E-state index in [1.165, 1.54) is 16.3 Å². The summed E-state index contributed by atoms with van der Waals surface area (Å²) in [6, 6.07) is 11.8. The van der Waals surface area contributed by atoms with E-state index in [9.17, 15) is 13.2 Å². The van der Waals surface area contributed by atoms with Crippen LogP contribution >= 0.6 is 0 Å². The lowest BCUT2D eigenvalue weighted by atomic mass is 9.81. The molecule has 12 nitrogen and oxygen atoms in total. The molecule has 6 aliphatic rings. The van der Waals surface area contributed by atoms with Crippen LogP contribution in [-0.2, 0) is 31.5 Å². The van der Waals surface area contributed by atoms with Crippen LogP contribution in [0.1, 0.15) is 86.1 Å². The van der Waals surface area contributed by atoms with Gasteiger partial charge < -0.3 is 14.0 Å². The first-order valence-electron chi connectivity index (χ1n) is 18.6. The summed E-state index contributed by atoms with van der Waals surface area (Å²) < 4.78 is 73.9. The van der Waals surface area contributed by atoms with Crippen molar-refractivity contribution in [3.8, 4) is 17.0 Å².